The Kier molecular flexibility index (Phi) is 5.63. The van der Waals surface area contributed by atoms with Crippen molar-refractivity contribution in [2.45, 2.75) is 13.8 Å². The van der Waals surface area contributed by atoms with E-state index in [4.69, 9.17) is 14.5 Å². The maximum atomic E-state index is 11.2. The third-order valence-electron chi connectivity index (χ3n) is 5.72. The third kappa shape index (κ3) is 4.06. The van der Waals surface area contributed by atoms with Crippen molar-refractivity contribution in [1.29, 1.82) is 0 Å². The quantitative estimate of drug-likeness (QED) is 0.160. The van der Waals surface area contributed by atoms with Crippen molar-refractivity contribution in [1.82, 2.24) is 25.6 Å². The Morgan fingerprint density at radius 1 is 1.17 bits per heavy atom. The van der Waals surface area contributed by atoms with Crippen LogP contribution in [0.4, 0.5) is 11.5 Å². The van der Waals surface area contributed by atoms with Gasteiger partial charge in [0.15, 0.2) is 0 Å². The van der Waals surface area contributed by atoms with E-state index < -0.39 is 5.91 Å². The summed E-state index contributed by atoms with van der Waals surface area (Å²) in [6.07, 6.45) is 4.34. The van der Waals surface area contributed by atoms with Gasteiger partial charge in [0.25, 0.3) is 5.91 Å². The molecule has 5 rings (SSSR count). The number of aromatic amines is 1. The maximum Gasteiger partial charge on any atom is 0.267 e. The van der Waals surface area contributed by atoms with Crippen molar-refractivity contribution in [3.63, 3.8) is 0 Å². The van der Waals surface area contributed by atoms with Crippen LogP contribution in [-0.4, -0.2) is 38.3 Å². The van der Waals surface area contributed by atoms with Crippen LogP contribution in [-0.2, 0) is 4.79 Å². The molecule has 3 heterocycles. The summed E-state index contributed by atoms with van der Waals surface area (Å²) in [4.78, 5) is 23.4. The smallest absolute Gasteiger partial charge is 0.267 e. The second-order valence-corrected chi connectivity index (χ2v) is 7.92. The van der Waals surface area contributed by atoms with Gasteiger partial charge in [-0.1, -0.05) is 17.3 Å². The van der Waals surface area contributed by atoms with Gasteiger partial charge < -0.3 is 19.6 Å². The molecule has 0 fully saturated rings. The highest BCUT2D eigenvalue weighted by atomic mass is 16.5. The van der Waals surface area contributed by atoms with E-state index in [1.54, 1.807) is 18.7 Å². The molecule has 4 N–H and O–H groups in total. The van der Waals surface area contributed by atoms with E-state index in [1.807, 2.05) is 50.2 Å². The lowest BCUT2D eigenvalue weighted by Crippen LogP contribution is -2.14. The fourth-order valence-corrected chi connectivity index (χ4v) is 4.10. The number of H-pyrrole nitrogens is 1. The topological polar surface area (TPSA) is 138 Å². The molecule has 1 amide bonds. The van der Waals surface area contributed by atoms with Gasteiger partial charge in [0.1, 0.15) is 29.3 Å². The van der Waals surface area contributed by atoms with Crippen molar-refractivity contribution in [2.75, 3.05) is 12.4 Å². The summed E-state index contributed by atoms with van der Waals surface area (Å²) in [6, 6.07) is 11.4. The Bertz CT molecular complexity index is 1560. The molecule has 0 unspecified atom stereocenters. The first-order valence-corrected chi connectivity index (χ1v) is 10.8. The molecule has 3 aromatic heterocycles. The van der Waals surface area contributed by atoms with Gasteiger partial charge >= 0.3 is 0 Å². The number of benzene rings is 2. The number of amides is 1. The van der Waals surface area contributed by atoms with Gasteiger partial charge in [-0.25, -0.2) is 15.4 Å². The summed E-state index contributed by atoms with van der Waals surface area (Å²) >= 11 is 0. The number of hydroxylamine groups is 1. The predicted octanol–water partition coefficient (Wildman–Crippen LogP) is 4.65. The van der Waals surface area contributed by atoms with Gasteiger partial charge in [-0.2, -0.15) is 0 Å². The second-order valence-electron chi connectivity index (χ2n) is 7.92. The Hall–Kier alpha value is -4.70. The monoisotopic (exact) mass is 470 g/mol. The lowest BCUT2D eigenvalue weighted by molar-refractivity contribution is -0.124. The molecule has 176 valence electrons. The number of carbonyl (C=O) groups excluding carboxylic acids is 1. The van der Waals surface area contributed by atoms with E-state index in [0.717, 1.165) is 44.4 Å². The van der Waals surface area contributed by atoms with Crippen LogP contribution in [0.25, 0.3) is 39.1 Å². The van der Waals surface area contributed by atoms with Crippen LogP contribution in [0.5, 0.6) is 5.75 Å². The SMILES string of the molecule is COc1cc2c(cc1-c1c(C)noc1C)[nH]c1ncnc(Nc3ccc(/C=C/C(=O)NO)cc3)c12. The van der Waals surface area contributed by atoms with Crippen LogP contribution < -0.4 is 15.5 Å². The number of aromatic nitrogens is 4. The molecule has 10 heteroatoms. The van der Waals surface area contributed by atoms with Crippen molar-refractivity contribution >= 4 is 45.4 Å². The van der Waals surface area contributed by atoms with E-state index >= 15 is 0 Å². The van der Waals surface area contributed by atoms with Gasteiger partial charge in [-0.05, 0) is 49.8 Å². The molecule has 35 heavy (non-hydrogen) atoms. The van der Waals surface area contributed by atoms with Gasteiger partial charge in [0.05, 0.1) is 23.8 Å². The number of hydrogen-bond donors (Lipinski definition) is 4. The molecule has 0 radical (unpaired) electrons. The number of methoxy groups -OCH3 is 1. The minimum absolute atomic E-state index is 0.595. The third-order valence-corrected chi connectivity index (χ3v) is 5.72. The zero-order chi connectivity index (χ0) is 24.5. The van der Waals surface area contributed by atoms with E-state index in [1.165, 1.54) is 12.4 Å². The van der Waals surface area contributed by atoms with E-state index in [0.29, 0.717) is 23.0 Å². The molecule has 0 aliphatic carbocycles. The summed E-state index contributed by atoms with van der Waals surface area (Å²) in [5.74, 6) is 1.44. The number of nitrogens with zero attached hydrogens (tertiary/aromatic N) is 3. The number of carbonyl (C=O) groups is 1. The first-order chi connectivity index (χ1) is 17.0. The Labute approximate surface area is 199 Å². The molecular weight excluding hydrogens is 448 g/mol. The van der Waals surface area contributed by atoms with Crippen LogP contribution in [0.2, 0.25) is 0 Å². The van der Waals surface area contributed by atoms with E-state index in [9.17, 15) is 4.79 Å². The Morgan fingerprint density at radius 2 is 1.97 bits per heavy atom. The van der Waals surface area contributed by atoms with Crippen molar-refractivity contribution < 1.29 is 19.3 Å². The molecule has 0 aliphatic rings. The van der Waals surface area contributed by atoms with Crippen molar-refractivity contribution in [3.8, 4) is 16.9 Å². The molecular formula is C25H22N6O4. The molecule has 0 atom stereocenters. The van der Waals surface area contributed by atoms with Gasteiger partial charge in [-0.3, -0.25) is 10.0 Å². The second kappa shape index (κ2) is 8.92. The molecule has 0 bridgehead atoms. The number of hydrogen-bond acceptors (Lipinski definition) is 8. The Morgan fingerprint density at radius 3 is 2.66 bits per heavy atom. The maximum absolute atomic E-state index is 11.2. The largest absolute Gasteiger partial charge is 0.496 e. The number of aryl methyl sites for hydroxylation is 2. The van der Waals surface area contributed by atoms with E-state index in [2.05, 4.69) is 25.4 Å². The summed E-state index contributed by atoms with van der Waals surface area (Å²) in [5.41, 5.74) is 7.30. The van der Waals surface area contributed by atoms with Crippen LogP contribution in [0, 0.1) is 13.8 Å². The van der Waals surface area contributed by atoms with Crippen LogP contribution >= 0.6 is 0 Å². The standard InChI is InChI=1S/C25H22N6O4/c1-13-22(14(2)35-31-13)18-10-19-17(11-20(18)34-3)23-24(26-12-27-25(23)29-19)28-16-7-4-15(5-8-16)6-9-21(32)30-33/h4-12,33H,1-3H3,(H,30,32)(H2,26,27,28,29)/b9-6+. The summed E-state index contributed by atoms with van der Waals surface area (Å²) in [6.45, 7) is 3.77. The lowest BCUT2D eigenvalue weighted by Gasteiger charge is -2.10. The molecule has 10 nitrogen and oxygen atoms in total. The number of ether oxygens (including phenoxy) is 1. The van der Waals surface area contributed by atoms with Crippen LogP contribution in [0.15, 0.2) is 53.3 Å². The van der Waals surface area contributed by atoms with Crippen LogP contribution in [0.3, 0.4) is 0 Å². The van der Waals surface area contributed by atoms with Gasteiger partial charge in [-0.15, -0.1) is 0 Å². The minimum Gasteiger partial charge on any atom is -0.496 e. The molecule has 5 aromatic rings. The fourth-order valence-electron chi connectivity index (χ4n) is 4.10. The zero-order valence-corrected chi connectivity index (χ0v) is 19.2. The fraction of sp³-hybridized carbons (Fsp3) is 0.120. The van der Waals surface area contributed by atoms with Crippen molar-refractivity contribution in [2.24, 2.45) is 0 Å². The summed E-state index contributed by atoms with van der Waals surface area (Å²) in [5, 5.41) is 17.8. The van der Waals surface area contributed by atoms with Crippen LogP contribution in [0.1, 0.15) is 17.0 Å². The first kappa shape index (κ1) is 22.1. The summed E-state index contributed by atoms with van der Waals surface area (Å²) < 4.78 is 11.1. The molecule has 0 spiro atoms. The first-order valence-electron chi connectivity index (χ1n) is 10.8. The Balaban J connectivity index is 1.56. The number of rotatable bonds is 6. The van der Waals surface area contributed by atoms with Gasteiger partial charge in [0, 0.05) is 28.2 Å². The zero-order valence-electron chi connectivity index (χ0n) is 19.2. The number of nitrogens with one attached hydrogen (secondary N) is 3. The van der Waals surface area contributed by atoms with E-state index in [-0.39, 0.29) is 0 Å². The molecule has 0 saturated heterocycles. The lowest BCUT2D eigenvalue weighted by atomic mass is 10.0. The van der Waals surface area contributed by atoms with Crippen molar-refractivity contribution in [3.05, 3.63) is 65.8 Å². The minimum atomic E-state index is -0.595. The highest BCUT2D eigenvalue weighted by Gasteiger charge is 2.20. The summed E-state index contributed by atoms with van der Waals surface area (Å²) in [7, 11) is 1.63. The number of anilines is 2. The molecule has 2 aromatic carbocycles. The average molecular weight is 470 g/mol. The predicted molar refractivity (Wildman–Crippen MR) is 132 cm³/mol. The normalized spacial score (nSPS) is 11.4. The average Bonchev–Trinajstić information content (AvgIpc) is 3.41. The van der Waals surface area contributed by atoms with Gasteiger partial charge in [0.2, 0.25) is 0 Å². The highest BCUT2D eigenvalue weighted by molar-refractivity contribution is 6.13. The molecule has 0 aliphatic heterocycles. The highest BCUT2D eigenvalue weighted by Crippen LogP contribution is 2.40. The molecule has 0 saturated carbocycles. The number of fused-ring (bicyclic) bond motifs is 3.